The predicted molar refractivity (Wildman–Crippen MR) is 77.0 cm³/mol. The minimum atomic E-state index is -0.0146. The first-order chi connectivity index (χ1) is 10.2. The SMILES string of the molecule is CC(C)[C@H](NC(=O)CCCn1cnnn1)c1cccnc1. The van der Waals surface area contributed by atoms with Crippen LogP contribution in [-0.4, -0.2) is 31.1 Å². The molecular weight excluding hydrogens is 268 g/mol. The third-order valence-corrected chi connectivity index (χ3v) is 3.21. The normalized spacial score (nSPS) is 12.3. The summed E-state index contributed by atoms with van der Waals surface area (Å²) in [5.41, 5.74) is 1.03. The summed E-state index contributed by atoms with van der Waals surface area (Å²) in [4.78, 5) is 16.2. The number of rotatable bonds is 7. The maximum absolute atomic E-state index is 12.1. The van der Waals surface area contributed by atoms with Crippen molar-refractivity contribution in [1.29, 1.82) is 0 Å². The number of carbonyl (C=O) groups excluding carboxylic acids is 1. The van der Waals surface area contributed by atoms with Gasteiger partial charge >= 0.3 is 0 Å². The van der Waals surface area contributed by atoms with E-state index < -0.39 is 0 Å². The van der Waals surface area contributed by atoms with Gasteiger partial charge in [0.2, 0.25) is 5.91 Å². The maximum atomic E-state index is 12.1. The van der Waals surface area contributed by atoms with Crippen molar-refractivity contribution in [2.24, 2.45) is 5.92 Å². The molecule has 112 valence electrons. The van der Waals surface area contributed by atoms with Gasteiger partial charge in [-0.15, -0.1) is 5.10 Å². The second-order valence-corrected chi connectivity index (χ2v) is 5.25. The van der Waals surface area contributed by atoms with Gasteiger partial charge in [0.25, 0.3) is 0 Å². The fourth-order valence-electron chi connectivity index (χ4n) is 2.12. The third kappa shape index (κ3) is 4.62. The standard InChI is InChI=1S/C14H20N6O/c1-11(2)14(12-5-3-7-15-9-12)17-13(21)6-4-8-20-10-16-18-19-20/h3,5,7,9-11,14H,4,6,8H2,1-2H3,(H,17,21)/t14-/m0/s1. The Morgan fingerprint density at radius 3 is 2.90 bits per heavy atom. The van der Waals surface area contributed by atoms with Crippen LogP contribution < -0.4 is 5.32 Å². The molecule has 1 amide bonds. The lowest BCUT2D eigenvalue weighted by Gasteiger charge is -2.22. The summed E-state index contributed by atoms with van der Waals surface area (Å²) in [7, 11) is 0. The number of aryl methyl sites for hydroxylation is 1. The molecular formula is C14H20N6O. The number of amides is 1. The van der Waals surface area contributed by atoms with E-state index in [1.165, 1.54) is 0 Å². The number of hydrogen-bond donors (Lipinski definition) is 1. The second kappa shape index (κ2) is 7.47. The molecule has 2 heterocycles. The van der Waals surface area contributed by atoms with Crippen molar-refractivity contribution in [2.75, 3.05) is 0 Å². The highest BCUT2D eigenvalue weighted by molar-refractivity contribution is 5.76. The average Bonchev–Trinajstić information content (AvgIpc) is 2.98. The van der Waals surface area contributed by atoms with Gasteiger partial charge in [0.1, 0.15) is 6.33 Å². The fourth-order valence-corrected chi connectivity index (χ4v) is 2.12. The monoisotopic (exact) mass is 288 g/mol. The Balaban J connectivity index is 1.84. The Bertz CT molecular complexity index is 540. The van der Waals surface area contributed by atoms with Crippen molar-refractivity contribution in [2.45, 2.75) is 39.3 Å². The summed E-state index contributed by atoms with van der Waals surface area (Å²) in [6.45, 7) is 4.80. The van der Waals surface area contributed by atoms with Crippen LogP contribution in [0.1, 0.15) is 38.3 Å². The molecule has 0 saturated heterocycles. The highest BCUT2D eigenvalue weighted by Gasteiger charge is 2.18. The van der Waals surface area contributed by atoms with Gasteiger partial charge in [0.15, 0.2) is 0 Å². The van der Waals surface area contributed by atoms with Gasteiger partial charge < -0.3 is 5.32 Å². The van der Waals surface area contributed by atoms with E-state index in [-0.39, 0.29) is 11.9 Å². The molecule has 0 saturated carbocycles. The number of pyridine rings is 1. The number of hydrogen-bond acceptors (Lipinski definition) is 5. The minimum Gasteiger partial charge on any atom is -0.349 e. The van der Waals surface area contributed by atoms with E-state index in [0.29, 0.717) is 25.3 Å². The van der Waals surface area contributed by atoms with E-state index in [1.54, 1.807) is 23.4 Å². The molecule has 2 rings (SSSR count). The van der Waals surface area contributed by atoms with Crippen LogP contribution in [-0.2, 0) is 11.3 Å². The summed E-state index contributed by atoms with van der Waals surface area (Å²) >= 11 is 0. The van der Waals surface area contributed by atoms with E-state index in [0.717, 1.165) is 5.56 Å². The first-order valence-corrected chi connectivity index (χ1v) is 7.07. The molecule has 21 heavy (non-hydrogen) atoms. The Kier molecular flexibility index (Phi) is 5.36. The average molecular weight is 288 g/mol. The lowest BCUT2D eigenvalue weighted by atomic mass is 9.97. The maximum Gasteiger partial charge on any atom is 0.220 e. The van der Waals surface area contributed by atoms with Crippen molar-refractivity contribution < 1.29 is 4.79 Å². The van der Waals surface area contributed by atoms with Crippen LogP contribution in [0, 0.1) is 5.92 Å². The minimum absolute atomic E-state index is 0.0146. The Hall–Kier alpha value is -2.31. The quantitative estimate of drug-likeness (QED) is 0.831. The molecule has 0 unspecified atom stereocenters. The Labute approximate surface area is 123 Å². The fraction of sp³-hybridized carbons (Fsp3) is 0.500. The molecule has 1 atom stereocenters. The van der Waals surface area contributed by atoms with Crippen LogP contribution >= 0.6 is 0 Å². The van der Waals surface area contributed by atoms with Gasteiger partial charge in [-0.3, -0.25) is 9.78 Å². The summed E-state index contributed by atoms with van der Waals surface area (Å²) in [6, 6.07) is 3.85. The van der Waals surface area contributed by atoms with Crippen molar-refractivity contribution in [3.8, 4) is 0 Å². The van der Waals surface area contributed by atoms with E-state index >= 15 is 0 Å². The summed E-state index contributed by atoms with van der Waals surface area (Å²) < 4.78 is 1.62. The van der Waals surface area contributed by atoms with Gasteiger partial charge in [0, 0.05) is 25.4 Å². The van der Waals surface area contributed by atoms with Gasteiger partial charge in [-0.05, 0) is 34.4 Å². The number of carbonyl (C=O) groups is 1. The largest absolute Gasteiger partial charge is 0.349 e. The molecule has 0 fully saturated rings. The Morgan fingerprint density at radius 2 is 2.29 bits per heavy atom. The van der Waals surface area contributed by atoms with Gasteiger partial charge in [0.05, 0.1) is 6.04 Å². The first kappa shape index (κ1) is 15.1. The van der Waals surface area contributed by atoms with E-state index in [1.807, 2.05) is 12.1 Å². The van der Waals surface area contributed by atoms with E-state index in [4.69, 9.17) is 0 Å². The van der Waals surface area contributed by atoms with Crippen LogP contribution in [0.25, 0.3) is 0 Å². The first-order valence-electron chi connectivity index (χ1n) is 7.07. The summed E-state index contributed by atoms with van der Waals surface area (Å²) in [5.74, 6) is 0.336. The molecule has 7 heteroatoms. The highest BCUT2D eigenvalue weighted by atomic mass is 16.1. The smallest absolute Gasteiger partial charge is 0.220 e. The van der Waals surface area contributed by atoms with Gasteiger partial charge in [-0.25, -0.2) is 4.68 Å². The zero-order valence-corrected chi connectivity index (χ0v) is 12.3. The zero-order valence-electron chi connectivity index (χ0n) is 12.3. The molecule has 0 spiro atoms. The van der Waals surface area contributed by atoms with Crippen LogP contribution in [0.5, 0.6) is 0 Å². The Morgan fingerprint density at radius 1 is 1.43 bits per heavy atom. The van der Waals surface area contributed by atoms with Crippen LogP contribution in [0.4, 0.5) is 0 Å². The molecule has 0 aromatic carbocycles. The van der Waals surface area contributed by atoms with E-state index in [2.05, 4.69) is 39.7 Å². The molecule has 0 aliphatic carbocycles. The number of tetrazole rings is 1. The van der Waals surface area contributed by atoms with Crippen LogP contribution in [0.3, 0.4) is 0 Å². The van der Waals surface area contributed by atoms with Gasteiger partial charge in [-0.1, -0.05) is 19.9 Å². The molecule has 0 aliphatic rings. The number of nitrogens with one attached hydrogen (secondary N) is 1. The summed E-state index contributed by atoms with van der Waals surface area (Å²) in [5, 5.41) is 14.0. The third-order valence-electron chi connectivity index (χ3n) is 3.21. The topological polar surface area (TPSA) is 85.6 Å². The number of nitrogens with zero attached hydrogens (tertiary/aromatic N) is 5. The molecule has 2 aromatic rings. The van der Waals surface area contributed by atoms with Crippen molar-refractivity contribution >= 4 is 5.91 Å². The van der Waals surface area contributed by atoms with Gasteiger partial charge in [-0.2, -0.15) is 0 Å². The number of aromatic nitrogens is 5. The van der Waals surface area contributed by atoms with Crippen LogP contribution in [0.15, 0.2) is 30.9 Å². The molecule has 7 nitrogen and oxygen atoms in total. The van der Waals surface area contributed by atoms with E-state index in [9.17, 15) is 4.79 Å². The molecule has 0 aliphatic heterocycles. The van der Waals surface area contributed by atoms with Crippen molar-refractivity contribution in [1.82, 2.24) is 30.5 Å². The van der Waals surface area contributed by atoms with Crippen molar-refractivity contribution in [3.63, 3.8) is 0 Å². The molecule has 2 aromatic heterocycles. The molecule has 0 radical (unpaired) electrons. The second-order valence-electron chi connectivity index (χ2n) is 5.25. The molecule has 0 bridgehead atoms. The molecule has 1 N–H and O–H groups in total. The zero-order chi connectivity index (χ0) is 15.1. The van der Waals surface area contributed by atoms with Crippen LogP contribution in [0.2, 0.25) is 0 Å². The summed E-state index contributed by atoms with van der Waals surface area (Å²) in [6.07, 6.45) is 6.23. The van der Waals surface area contributed by atoms with Crippen molar-refractivity contribution in [3.05, 3.63) is 36.4 Å². The lowest BCUT2D eigenvalue weighted by Crippen LogP contribution is -2.31. The highest BCUT2D eigenvalue weighted by Crippen LogP contribution is 2.20. The predicted octanol–water partition coefficient (Wildman–Crippen LogP) is 1.36. The lowest BCUT2D eigenvalue weighted by molar-refractivity contribution is -0.122.